The summed E-state index contributed by atoms with van der Waals surface area (Å²) >= 11 is 0. The molecule has 1 fully saturated rings. The van der Waals surface area contributed by atoms with E-state index in [9.17, 15) is 9.18 Å². The third kappa shape index (κ3) is 4.64. The summed E-state index contributed by atoms with van der Waals surface area (Å²) < 4.78 is 13.2. The number of nitrogens with zero attached hydrogens (tertiary/aromatic N) is 5. The van der Waals surface area contributed by atoms with Crippen LogP contribution >= 0.6 is 0 Å². The lowest BCUT2D eigenvalue weighted by Gasteiger charge is -2.35. The first kappa shape index (κ1) is 18.9. The van der Waals surface area contributed by atoms with Crippen LogP contribution in [0.2, 0.25) is 0 Å². The second-order valence-electron chi connectivity index (χ2n) is 6.34. The van der Waals surface area contributed by atoms with E-state index in [4.69, 9.17) is 0 Å². The largest absolute Gasteiger partial charge is 0.356 e. The quantitative estimate of drug-likeness (QED) is 0.874. The van der Waals surface area contributed by atoms with E-state index < -0.39 is 0 Å². The molecule has 0 bridgehead atoms. The van der Waals surface area contributed by atoms with Gasteiger partial charge in [-0.15, -0.1) is 10.2 Å². The number of rotatable bonds is 5. The van der Waals surface area contributed by atoms with Crippen molar-refractivity contribution in [1.82, 2.24) is 15.1 Å². The monoisotopic (exact) mass is 372 g/mol. The van der Waals surface area contributed by atoms with Crippen LogP contribution in [0.4, 0.5) is 26.5 Å². The highest BCUT2D eigenvalue weighted by atomic mass is 19.1. The van der Waals surface area contributed by atoms with Crippen molar-refractivity contribution in [3.05, 3.63) is 42.2 Å². The molecule has 144 valence electrons. The summed E-state index contributed by atoms with van der Waals surface area (Å²) in [4.78, 5) is 18.3. The molecule has 0 aliphatic carbocycles. The van der Waals surface area contributed by atoms with Gasteiger partial charge in [0.25, 0.3) is 0 Å². The molecule has 0 saturated carbocycles. The minimum absolute atomic E-state index is 0.219. The number of amides is 2. The maximum absolute atomic E-state index is 13.2. The predicted molar refractivity (Wildman–Crippen MR) is 105 cm³/mol. The fourth-order valence-corrected chi connectivity index (χ4v) is 3.11. The number of urea groups is 1. The van der Waals surface area contributed by atoms with Gasteiger partial charge in [0.15, 0.2) is 11.6 Å². The molecule has 1 saturated heterocycles. The fraction of sp³-hybridized carbons (Fsp3) is 0.421. The second kappa shape index (κ2) is 8.66. The number of carbonyl (C=O) groups excluding carboxylic acids is 1. The number of anilines is 3. The van der Waals surface area contributed by atoms with Crippen molar-refractivity contribution in [2.75, 3.05) is 54.4 Å². The molecule has 1 aromatic carbocycles. The van der Waals surface area contributed by atoms with E-state index in [1.807, 2.05) is 12.1 Å². The van der Waals surface area contributed by atoms with Gasteiger partial charge in [-0.05, 0) is 44.2 Å². The Labute approximate surface area is 158 Å². The molecule has 0 unspecified atom stereocenters. The summed E-state index contributed by atoms with van der Waals surface area (Å²) in [6, 6.07) is 9.64. The number of halogens is 1. The van der Waals surface area contributed by atoms with Crippen molar-refractivity contribution in [1.29, 1.82) is 0 Å². The Morgan fingerprint density at radius 1 is 1.11 bits per heavy atom. The van der Waals surface area contributed by atoms with Gasteiger partial charge in [0.05, 0.1) is 0 Å². The van der Waals surface area contributed by atoms with Crippen molar-refractivity contribution in [2.24, 2.45) is 0 Å². The Bertz CT molecular complexity index is 757. The minimum atomic E-state index is -0.371. The topological polar surface area (TPSA) is 64.6 Å². The van der Waals surface area contributed by atoms with Gasteiger partial charge in [-0.1, -0.05) is 6.07 Å². The van der Waals surface area contributed by atoms with Gasteiger partial charge in [0, 0.05) is 45.0 Å². The SMILES string of the molecule is CCN(CC)c1ccc(N2CCN(C(=O)Nc3cccc(F)c3)CC2)nn1. The molecular weight excluding hydrogens is 347 g/mol. The van der Waals surface area contributed by atoms with Gasteiger partial charge in [0.1, 0.15) is 5.82 Å². The normalized spacial score (nSPS) is 14.2. The lowest BCUT2D eigenvalue weighted by Crippen LogP contribution is -2.50. The minimum Gasteiger partial charge on any atom is -0.356 e. The zero-order valence-electron chi connectivity index (χ0n) is 15.7. The van der Waals surface area contributed by atoms with Crippen LogP contribution in [0.3, 0.4) is 0 Å². The van der Waals surface area contributed by atoms with E-state index in [0.717, 1.165) is 24.7 Å². The van der Waals surface area contributed by atoms with E-state index in [1.165, 1.54) is 12.1 Å². The average Bonchev–Trinajstić information content (AvgIpc) is 2.70. The van der Waals surface area contributed by atoms with Crippen LogP contribution in [0.15, 0.2) is 36.4 Å². The Hall–Kier alpha value is -2.90. The van der Waals surface area contributed by atoms with Gasteiger partial charge < -0.3 is 20.0 Å². The molecule has 2 amide bonds. The van der Waals surface area contributed by atoms with Crippen LogP contribution in [0.1, 0.15) is 13.8 Å². The Morgan fingerprint density at radius 2 is 1.85 bits per heavy atom. The number of nitrogens with one attached hydrogen (secondary N) is 1. The predicted octanol–water partition coefficient (Wildman–Crippen LogP) is 2.82. The molecule has 0 atom stereocenters. The molecule has 0 radical (unpaired) electrons. The maximum atomic E-state index is 13.2. The van der Waals surface area contributed by atoms with Crippen LogP contribution in [-0.2, 0) is 0 Å². The van der Waals surface area contributed by atoms with Crippen LogP contribution in [0.5, 0.6) is 0 Å². The molecule has 0 spiro atoms. The molecule has 1 aromatic heterocycles. The molecule has 1 aliphatic heterocycles. The van der Waals surface area contributed by atoms with E-state index in [0.29, 0.717) is 31.9 Å². The van der Waals surface area contributed by atoms with Gasteiger partial charge in [-0.2, -0.15) is 0 Å². The lowest BCUT2D eigenvalue weighted by atomic mass is 10.3. The Morgan fingerprint density at radius 3 is 2.44 bits per heavy atom. The first-order valence-corrected chi connectivity index (χ1v) is 9.25. The van der Waals surface area contributed by atoms with Gasteiger partial charge in [-0.25, -0.2) is 9.18 Å². The second-order valence-corrected chi connectivity index (χ2v) is 6.34. The molecule has 8 heteroatoms. The number of hydrogen-bond acceptors (Lipinski definition) is 5. The zero-order chi connectivity index (χ0) is 19.2. The summed E-state index contributed by atoms with van der Waals surface area (Å²) in [6.45, 7) is 8.46. The molecule has 7 nitrogen and oxygen atoms in total. The molecule has 27 heavy (non-hydrogen) atoms. The van der Waals surface area contributed by atoms with E-state index in [-0.39, 0.29) is 11.8 Å². The van der Waals surface area contributed by atoms with Gasteiger partial charge in [-0.3, -0.25) is 0 Å². The van der Waals surface area contributed by atoms with Crippen LogP contribution in [0, 0.1) is 5.82 Å². The number of aromatic nitrogens is 2. The smallest absolute Gasteiger partial charge is 0.321 e. The molecular formula is C19H25FN6O. The zero-order valence-corrected chi connectivity index (χ0v) is 15.7. The highest BCUT2D eigenvalue weighted by molar-refractivity contribution is 5.89. The first-order chi connectivity index (χ1) is 13.1. The number of benzene rings is 1. The van der Waals surface area contributed by atoms with Crippen molar-refractivity contribution in [3.8, 4) is 0 Å². The third-order valence-corrected chi connectivity index (χ3v) is 4.69. The third-order valence-electron chi connectivity index (χ3n) is 4.69. The Kier molecular flexibility index (Phi) is 6.05. The summed E-state index contributed by atoms with van der Waals surface area (Å²) in [5, 5.41) is 11.4. The fourth-order valence-electron chi connectivity index (χ4n) is 3.11. The molecule has 1 aliphatic rings. The van der Waals surface area contributed by atoms with E-state index in [1.54, 1.807) is 17.0 Å². The maximum Gasteiger partial charge on any atom is 0.321 e. The lowest BCUT2D eigenvalue weighted by molar-refractivity contribution is 0.208. The van der Waals surface area contributed by atoms with Crippen molar-refractivity contribution < 1.29 is 9.18 Å². The number of piperazine rings is 1. The van der Waals surface area contributed by atoms with Crippen LogP contribution < -0.4 is 15.1 Å². The Balaban J connectivity index is 1.54. The number of hydrogen-bond donors (Lipinski definition) is 1. The molecule has 2 heterocycles. The highest BCUT2D eigenvalue weighted by Crippen LogP contribution is 2.17. The summed E-state index contributed by atoms with van der Waals surface area (Å²) in [6.07, 6.45) is 0. The number of carbonyl (C=O) groups is 1. The van der Waals surface area contributed by atoms with Crippen molar-refractivity contribution in [3.63, 3.8) is 0 Å². The molecule has 2 aromatic rings. The van der Waals surface area contributed by atoms with Crippen LogP contribution in [-0.4, -0.2) is 60.4 Å². The van der Waals surface area contributed by atoms with Crippen molar-refractivity contribution >= 4 is 23.4 Å². The summed E-state index contributed by atoms with van der Waals surface area (Å²) in [5.41, 5.74) is 0.459. The van der Waals surface area contributed by atoms with Gasteiger partial charge in [0.2, 0.25) is 0 Å². The molecule has 1 N–H and O–H groups in total. The van der Waals surface area contributed by atoms with E-state index >= 15 is 0 Å². The molecule has 3 rings (SSSR count). The van der Waals surface area contributed by atoms with Gasteiger partial charge >= 0.3 is 6.03 Å². The average molecular weight is 372 g/mol. The first-order valence-electron chi connectivity index (χ1n) is 9.25. The van der Waals surface area contributed by atoms with Crippen molar-refractivity contribution in [2.45, 2.75) is 13.8 Å². The highest BCUT2D eigenvalue weighted by Gasteiger charge is 2.22. The summed E-state index contributed by atoms with van der Waals surface area (Å²) in [5.74, 6) is 1.32. The summed E-state index contributed by atoms with van der Waals surface area (Å²) in [7, 11) is 0. The standard InChI is InChI=1S/C19H25FN6O/c1-3-24(4-2)17-8-9-18(23-22-17)25-10-12-26(13-11-25)19(27)21-16-7-5-6-15(20)14-16/h5-9,14H,3-4,10-13H2,1-2H3,(H,21,27). The van der Waals surface area contributed by atoms with Crippen LogP contribution in [0.25, 0.3) is 0 Å². The van der Waals surface area contributed by atoms with E-state index in [2.05, 4.69) is 39.2 Å².